The topological polar surface area (TPSA) is 75.7 Å². The number of nitrogens with one attached hydrogen (secondary N) is 1. The molecule has 3 aromatic rings. The molecular weight excluding hydrogens is 440 g/mol. The van der Waals surface area contributed by atoms with E-state index in [1.807, 2.05) is 36.4 Å². The molecule has 6 heteroatoms. The largest absolute Gasteiger partial charge is 0.489 e. The van der Waals surface area contributed by atoms with E-state index in [4.69, 9.17) is 4.74 Å². The Morgan fingerprint density at radius 1 is 0.829 bits per heavy atom. The maximum atomic E-state index is 12.6. The van der Waals surface area contributed by atoms with E-state index in [1.165, 1.54) is 10.5 Å². The predicted molar refractivity (Wildman–Crippen MR) is 135 cm³/mol. The minimum Gasteiger partial charge on any atom is -0.489 e. The summed E-state index contributed by atoms with van der Waals surface area (Å²) in [6.07, 6.45) is 0.560. The Labute approximate surface area is 205 Å². The van der Waals surface area contributed by atoms with E-state index in [2.05, 4.69) is 38.2 Å². The fourth-order valence-corrected chi connectivity index (χ4v) is 3.85. The molecule has 0 aromatic heterocycles. The Morgan fingerprint density at radius 2 is 1.40 bits per heavy atom. The average Bonchev–Trinajstić information content (AvgIpc) is 3.16. The van der Waals surface area contributed by atoms with Gasteiger partial charge in [0.05, 0.1) is 6.54 Å². The van der Waals surface area contributed by atoms with E-state index in [0.29, 0.717) is 17.9 Å². The van der Waals surface area contributed by atoms with Gasteiger partial charge in [0.25, 0.3) is 5.91 Å². The fourth-order valence-electron chi connectivity index (χ4n) is 3.85. The molecule has 1 heterocycles. The maximum Gasteiger partial charge on any atom is 0.255 e. The van der Waals surface area contributed by atoms with Crippen LogP contribution in [0.25, 0.3) is 0 Å². The molecule has 35 heavy (non-hydrogen) atoms. The number of carbonyl (C=O) groups excluding carboxylic acids is 3. The van der Waals surface area contributed by atoms with E-state index >= 15 is 0 Å². The molecule has 180 valence electrons. The number of likely N-dealkylation sites (tertiary alicyclic amines) is 1. The van der Waals surface area contributed by atoms with Gasteiger partial charge in [-0.15, -0.1) is 0 Å². The van der Waals surface area contributed by atoms with Crippen LogP contribution in [0.3, 0.4) is 0 Å². The molecule has 0 spiro atoms. The third kappa shape index (κ3) is 6.15. The van der Waals surface area contributed by atoms with Gasteiger partial charge < -0.3 is 10.1 Å². The normalized spacial score (nSPS) is 13.7. The zero-order chi connectivity index (χ0) is 25.0. The number of rotatable bonds is 7. The first-order valence-corrected chi connectivity index (χ1v) is 11.7. The Hall–Kier alpha value is -3.93. The van der Waals surface area contributed by atoms with Crippen molar-refractivity contribution in [1.82, 2.24) is 4.90 Å². The summed E-state index contributed by atoms with van der Waals surface area (Å²) in [5.74, 6) is 0.314. The van der Waals surface area contributed by atoms with Crippen molar-refractivity contribution in [3.8, 4) is 5.75 Å². The minimum atomic E-state index is -0.215. The Balaban J connectivity index is 1.29. The zero-order valence-electron chi connectivity index (χ0n) is 20.3. The molecule has 1 N–H and O–H groups in total. The Kier molecular flexibility index (Phi) is 7.01. The van der Waals surface area contributed by atoms with Gasteiger partial charge in [0.2, 0.25) is 11.8 Å². The third-order valence-electron chi connectivity index (χ3n) is 6.05. The van der Waals surface area contributed by atoms with Gasteiger partial charge in [-0.05, 0) is 58.5 Å². The van der Waals surface area contributed by atoms with Crippen molar-refractivity contribution in [2.45, 2.75) is 52.2 Å². The lowest BCUT2D eigenvalue weighted by molar-refractivity contribution is -0.139. The van der Waals surface area contributed by atoms with E-state index in [0.717, 1.165) is 16.9 Å². The summed E-state index contributed by atoms with van der Waals surface area (Å²) in [6, 6.07) is 22.6. The molecule has 4 rings (SSSR count). The molecule has 6 nitrogen and oxygen atoms in total. The quantitative estimate of drug-likeness (QED) is 0.465. The highest BCUT2D eigenvalue weighted by molar-refractivity contribution is 6.04. The summed E-state index contributed by atoms with van der Waals surface area (Å²) in [4.78, 5) is 37.5. The summed E-state index contributed by atoms with van der Waals surface area (Å²) in [5.41, 5.74) is 4.35. The van der Waals surface area contributed by atoms with Crippen molar-refractivity contribution in [3.05, 3.63) is 95.1 Å². The lowest BCUT2D eigenvalue weighted by atomic mass is 9.87. The summed E-state index contributed by atoms with van der Waals surface area (Å²) in [7, 11) is 0. The van der Waals surface area contributed by atoms with Crippen LogP contribution < -0.4 is 10.1 Å². The third-order valence-corrected chi connectivity index (χ3v) is 6.05. The number of hydrogen-bond acceptors (Lipinski definition) is 4. The van der Waals surface area contributed by atoms with Gasteiger partial charge in [-0.25, -0.2) is 0 Å². The number of ether oxygens (including phenoxy) is 1. The number of hydrogen-bond donors (Lipinski definition) is 1. The second kappa shape index (κ2) is 10.1. The molecule has 1 aliphatic rings. The summed E-state index contributed by atoms with van der Waals surface area (Å²) in [6.45, 7) is 7.21. The molecule has 0 unspecified atom stereocenters. The fraction of sp³-hybridized carbons (Fsp3) is 0.276. The van der Waals surface area contributed by atoms with Gasteiger partial charge in [-0.2, -0.15) is 0 Å². The van der Waals surface area contributed by atoms with Gasteiger partial charge in [0.15, 0.2) is 0 Å². The lowest BCUT2D eigenvalue weighted by Gasteiger charge is -2.19. The van der Waals surface area contributed by atoms with Crippen LogP contribution >= 0.6 is 0 Å². The van der Waals surface area contributed by atoms with E-state index in [9.17, 15) is 14.4 Å². The van der Waals surface area contributed by atoms with E-state index in [1.54, 1.807) is 24.3 Å². The van der Waals surface area contributed by atoms with Crippen LogP contribution in [-0.4, -0.2) is 22.6 Å². The van der Waals surface area contributed by atoms with Crippen LogP contribution in [0.2, 0.25) is 0 Å². The molecular formula is C29H30N2O4. The number of amides is 3. The monoisotopic (exact) mass is 470 g/mol. The molecule has 0 bridgehead atoms. The van der Waals surface area contributed by atoms with Crippen LogP contribution in [0.4, 0.5) is 5.69 Å². The summed E-state index contributed by atoms with van der Waals surface area (Å²) >= 11 is 0. The molecule has 0 saturated carbocycles. The van der Waals surface area contributed by atoms with Crippen LogP contribution in [0.1, 0.15) is 60.7 Å². The van der Waals surface area contributed by atoms with Gasteiger partial charge in [-0.1, -0.05) is 57.2 Å². The van der Waals surface area contributed by atoms with Gasteiger partial charge in [0, 0.05) is 24.1 Å². The van der Waals surface area contributed by atoms with Crippen molar-refractivity contribution in [2.75, 3.05) is 5.32 Å². The highest BCUT2D eigenvalue weighted by atomic mass is 16.5. The highest BCUT2D eigenvalue weighted by Gasteiger charge is 2.28. The standard InChI is InChI=1S/C29H30N2O4/c1-29(2,3)23-10-14-25(15-11-23)35-19-21-4-8-22(9-5-21)28(34)30-24-12-6-20(7-13-24)18-31-26(32)16-17-27(31)33/h4-15H,16-19H2,1-3H3,(H,30,34). The molecule has 0 radical (unpaired) electrons. The number of benzene rings is 3. The molecule has 3 amide bonds. The second-order valence-corrected chi connectivity index (χ2v) is 9.78. The van der Waals surface area contributed by atoms with E-state index in [-0.39, 0.29) is 42.5 Å². The summed E-state index contributed by atoms with van der Waals surface area (Å²) < 4.78 is 5.88. The van der Waals surface area contributed by atoms with Crippen molar-refractivity contribution in [2.24, 2.45) is 0 Å². The van der Waals surface area contributed by atoms with Crippen LogP contribution in [0.15, 0.2) is 72.8 Å². The first-order valence-electron chi connectivity index (χ1n) is 11.7. The van der Waals surface area contributed by atoms with Crippen molar-refractivity contribution in [1.29, 1.82) is 0 Å². The smallest absolute Gasteiger partial charge is 0.255 e. The van der Waals surface area contributed by atoms with Gasteiger partial charge in [-0.3, -0.25) is 19.3 Å². The second-order valence-electron chi connectivity index (χ2n) is 9.78. The number of nitrogens with zero attached hydrogens (tertiary/aromatic N) is 1. The molecule has 3 aromatic carbocycles. The van der Waals surface area contributed by atoms with Crippen molar-refractivity contribution in [3.63, 3.8) is 0 Å². The molecule has 1 fully saturated rings. The average molecular weight is 471 g/mol. The first-order chi connectivity index (χ1) is 16.7. The first kappa shape index (κ1) is 24.2. The molecule has 1 saturated heterocycles. The van der Waals surface area contributed by atoms with Crippen LogP contribution in [-0.2, 0) is 28.2 Å². The lowest BCUT2D eigenvalue weighted by Crippen LogP contribution is -2.28. The van der Waals surface area contributed by atoms with E-state index < -0.39 is 0 Å². The predicted octanol–water partition coefficient (Wildman–Crippen LogP) is 5.46. The number of carbonyl (C=O) groups is 3. The Morgan fingerprint density at radius 3 is 1.97 bits per heavy atom. The SMILES string of the molecule is CC(C)(C)c1ccc(OCc2ccc(C(=O)Nc3ccc(CN4C(=O)CCC4=O)cc3)cc2)cc1. The minimum absolute atomic E-state index is 0.103. The van der Waals surface area contributed by atoms with Crippen molar-refractivity contribution < 1.29 is 19.1 Å². The van der Waals surface area contributed by atoms with Gasteiger partial charge >= 0.3 is 0 Å². The number of anilines is 1. The Bertz CT molecular complexity index is 1190. The maximum absolute atomic E-state index is 12.6. The molecule has 0 atom stereocenters. The van der Waals surface area contributed by atoms with Crippen molar-refractivity contribution >= 4 is 23.4 Å². The highest BCUT2D eigenvalue weighted by Crippen LogP contribution is 2.25. The summed E-state index contributed by atoms with van der Waals surface area (Å²) in [5, 5.41) is 2.87. The number of imide groups is 1. The zero-order valence-corrected chi connectivity index (χ0v) is 20.3. The van der Waals surface area contributed by atoms with Gasteiger partial charge in [0.1, 0.15) is 12.4 Å². The molecule has 0 aliphatic carbocycles. The van der Waals surface area contributed by atoms with Crippen LogP contribution in [0.5, 0.6) is 5.75 Å². The molecule has 1 aliphatic heterocycles. The van der Waals surface area contributed by atoms with Crippen LogP contribution in [0, 0.1) is 0 Å².